The molecule has 70 valence electrons. The van der Waals surface area contributed by atoms with Crippen molar-refractivity contribution in [2.75, 3.05) is 31.3 Å². The molecule has 0 spiro atoms. The molecule has 0 aromatic rings. The predicted molar refractivity (Wildman–Crippen MR) is 47.9 cm³/mol. The summed E-state index contributed by atoms with van der Waals surface area (Å²) in [4.78, 5) is 12.7. The first-order chi connectivity index (χ1) is 5.75. The van der Waals surface area contributed by atoms with Crippen LogP contribution < -0.4 is 5.73 Å². The van der Waals surface area contributed by atoms with E-state index < -0.39 is 6.67 Å². The van der Waals surface area contributed by atoms with Crippen LogP contribution in [0.3, 0.4) is 0 Å². The van der Waals surface area contributed by atoms with Gasteiger partial charge in [-0.15, -0.1) is 0 Å². The van der Waals surface area contributed by atoms with Gasteiger partial charge in [0.1, 0.15) is 6.67 Å². The predicted octanol–water partition coefficient (Wildman–Crippen LogP) is -0.141. The van der Waals surface area contributed by atoms with E-state index in [1.165, 1.54) is 0 Å². The molecule has 3 nitrogen and oxygen atoms in total. The lowest BCUT2D eigenvalue weighted by Crippen LogP contribution is -2.50. The molecular formula is C7H13FN2OS. The number of carbonyl (C=O) groups excluding carboxylic acids is 1. The number of hydrogen-bond acceptors (Lipinski definition) is 3. The molecule has 1 rings (SSSR count). The van der Waals surface area contributed by atoms with Gasteiger partial charge in [0.15, 0.2) is 0 Å². The van der Waals surface area contributed by atoms with Gasteiger partial charge in [0, 0.05) is 24.6 Å². The van der Waals surface area contributed by atoms with Crippen LogP contribution in [0.25, 0.3) is 0 Å². The van der Waals surface area contributed by atoms with Gasteiger partial charge < -0.3 is 5.73 Å². The highest BCUT2D eigenvalue weighted by Gasteiger charge is 2.26. The third-order valence-corrected chi connectivity index (χ3v) is 2.96. The van der Waals surface area contributed by atoms with Gasteiger partial charge in [-0.2, -0.15) is 11.8 Å². The van der Waals surface area contributed by atoms with E-state index in [2.05, 4.69) is 0 Å². The van der Waals surface area contributed by atoms with Crippen molar-refractivity contribution in [1.82, 2.24) is 4.90 Å². The average molecular weight is 192 g/mol. The summed E-state index contributed by atoms with van der Waals surface area (Å²) in [6.07, 6.45) is 0. The molecule has 1 unspecified atom stereocenters. The number of alkyl halides is 1. The number of halogens is 1. The molecule has 1 fully saturated rings. The Bertz CT molecular complexity index is 165. The maximum Gasteiger partial charge on any atom is 0.235 e. The molecule has 0 bridgehead atoms. The molecule has 1 aliphatic heterocycles. The zero-order chi connectivity index (χ0) is 8.97. The van der Waals surface area contributed by atoms with Gasteiger partial charge in [-0.25, -0.2) is 4.39 Å². The van der Waals surface area contributed by atoms with Gasteiger partial charge in [0.05, 0.1) is 6.04 Å². The summed E-state index contributed by atoms with van der Waals surface area (Å²) in [7, 11) is 0. The normalized spacial score (nSPS) is 25.6. The van der Waals surface area contributed by atoms with Crippen molar-refractivity contribution in [1.29, 1.82) is 0 Å². The third kappa shape index (κ3) is 2.35. The van der Waals surface area contributed by atoms with Crippen LogP contribution in [0.2, 0.25) is 0 Å². The first-order valence-electron chi connectivity index (χ1n) is 3.92. The average Bonchev–Trinajstić information content (AvgIpc) is 2.05. The van der Waals surface area contributed by atoms with Crippen LogP contribution in [0.5, 0.6) is 0 Å². The van der Waals surface area contributed by atoms with Gasteiger partial charge >= 0.3 is 0 Å². The van der Waals surface area contributed by atoms with Crippen LogP contribution in [-0.2, 0) is 4.79 Å². The van der Waals surface area contributed by atoms with Crippen LogP contribution in [0.15, 0.2) is 0 Å². The quantitative estimate of drug-likeness (QED) is 0.677. The summed E-state index contributed by atoms with van der Waals surface area (Å²) in [5.41, 5.74) is 5.17. The molecule has 1 amide bonds. The van der Waals surface area contributed by atoms with E-state index in [1.54, 1.807) is 11.8 Å². The highest BCUT2D eigenvalue weighted by molar-refractivity contribution is 7.99. The van der Waals surface area contributed by atoms with E-state index in [-0.39, 0.29) is 11.9 Å². The second kappa shape index (κ2) is 4.67. The summed E-state index contributed by atoms with van der Waals surface area (Å²) in [5, 5.41) is 0. The standard InChI is InChI=1S/C7H13FN2OS/c8-1-2-10-3-4-12-5-6(10)7(9)11/h6H,1-5H2,(H2,9,11). The van der Waals surface area contributed by atoms with Gasteiger partial charge in [0.25, 0.3) is 0 Å². The number of primary amides is 1. The molecule has 5 heteroatoms. The van der Waals surface area contributed by atoms with Crippen molar-refractivity contribution in [3.05, 3.63) is 0 Å². The fourth-order valence-electron chi connectivity index (χ4n) is 1.28. The number of nitrogens with zero attached hydrogens (tertiary/aromatic N) is 1. The molecule has 0 aromatic heterocycles. The van der Waals surface area contributed by atoms with Gasteiger partial charge in [-0.1, -0.05) is 0 Å². The van der Waals surface area contributed by atoms with E-state index in [0.717, 1.165) is 12.3 Å². The van der Waals surface area contributed by atoms with Crippen LogP contribution in [0.1, 0.15) is 0 Å². The molecule has 2 N–H and O–H groups in total. The van der Waals surface area contributed by atoms with Gasteiger partial charge in [-0.05, 0) is 0 Å². The lowest BCUT2D eigenvalue weighted by atomic mass is 10.2. The number of thioether (sulfide) groups is 1. The molecule has 12 heavy (non-hydrogen) atoms. The monoisotopic (exact) mass is 192 g/mol. The molecular weight excluding hydrogens is 179 g/mol. The minimum atomic E-state index is -0.408. The van der Waals surface area contributed by atoms with Crippen LogP contribution in [0.4, 0.5) is 4.39 Å². The minimum absolute atomic E-state index is 0.264. The Balaban J connectivity index is 2.48. The number of hydrogen-bond donors (Lipinski definition) is 1. The van der Waals surface area contributed by atoms with Crippen LogP contribution >= 0.6 is 11.8 Å². The molecule has 1 atom stereocenters. The SMILES string of the molecule is NC(=O)C1CSCCN1CCF. The van der Waals surface area contributed by atoms with Crippen molar-refractivity contribution in [3.8, 4) is 0 Å². The molecule has 0 radical (unpaired) electrons. The van der Waals surface area contributed by atoms with E-state index in [4.69, 9.17) is 5.73 Å². The number of carbonyl (C=O) groups is 1. The van der Waals surface area contributed by atoms with Gasteiger partial charge in [0.2, 0.25) is 5.91 Å². The Morgan fingerprint density at radius 2 is 2.50 bits per heavy atom. The highest BCUT2D eigenvalue weighted by Crippen LogP contribution is 2.15. The van der Waals surface area contributed by atoms with E-state index >= 15 is 0 Å². The van der Waals surface area contributed by atoms with Crippen LogP contribution in [-0.4, -0.2) is 48.1 Å². The lowest BCUT2D eigenvalue weighted by molar-refractivity contribution is -0.122. The number of nitrogens with two attached hydrogens (primary N) is 1. The van der Waals surface area contributed by atoms with Gasteiger partial charge in [-0.3, -0.25) is 9.69 Å². The highest BCUT2D eigenvalue weighted by atomic mass is 32.2. The molecule has 0 saturated carbocycles. The Morgan fingerprint density at radius 1 is 1.75 bits per heavy atom. The summed E-state index contributed by atoms with van der Waals surface area (Å²) in [6, 6.07) is -0.264. The number of rotatable bonds is 3. The Morgan fingerprint density at radius 3 is 3.08 bits per heavy atom. The van der Waals surface area contributed by atoms with Crippen molar-refractivity contribution in [2.24, 2.45) is 5.73 Å². The van der Waals surface area contributed by atoms with Crippen LogP contribution in [0, 0.1) is 0 Å². The molecule has 1 heterocycles. The third-order valence-electron chi connectivity index (χ3n) is 1.94. The summed E-state index contributed by atoms with van der Waals surface area (Å²) in [5.74, 6) is 1.33. The topological polar surface area (TPSA) is 46.3 Å². The Labute approximate surface area is 75.5 Å². The maximum atomic E-state index is 12.0. The summed E-state index contributed by atoms with van der Waals surface area (Å²) < 4.78 is 12.0. The fourth-order valence-corrected chi connectivity index (χ4v) is 2.40. The van der Waals surface area contributed by atoms with Crippen molar-refractivity contribution in [3.63, 3.8) is 0 Å². The lowest BCUT2D eigenvalue weighted by Gasteiger charge is -2.32. The zero-order valence-electron chi connectivity index (χ0n) is 6.83. The molecule has 0 aliphatic carbocycles. The smallest absolute Gasteiger partial charge is 0.235 e. The number of amides is 1. The molecule has 1 saturated heterocycles. The van der Waals surface area contributed by atoms with E-state index in [9.17, 15) is 9.18 Å². The Kier molecular flexibility index (Phi) is 3.81. The van der Waals surface area contributed by atoms with Crippen molar-refractivity contribution < 1.29 is 9.18 Å². The van der Waals surface area contributed by atoms with E-state index in [0.29, 0.717) is 12.3 Å². The maximum absolute atomic E-state index is 12.0. The second-order valence-electron chi connectivity index (χ2n) is 2.72. The summed E-state index contributed by atoms with van der Waals surface area (Å²) in [6.45, 7) is 0.685. The second-order valence-corrected chi connectivity index (χ2v) is 3.87. The zero-order valence-corrected chi connectivity index (χ0v) is 7.65. The van der Waals surface area contributed by atoms with Crippen molar-refractivity contribution in [2.45, 2.75) is 6.04 Å². The first-order valence-corrected chi connectivity index (χ1v) is 5.08. The molecule has 0 aromatic carbocycles. The van der Waals surface area contributed by atoms with Crippen molar-refractivity contribution >= 4 is 17.7 Å². The fraction of sp³-hybridized carbons (Fsp3) is 0.857. The minimum Gasteiger partial charge on any atom is -0.368 e. The van der Waals surface area contributed by atoms with E-state index in [1.807, 2.05) is 4.90 Å². The summed E-state index contributed by atoms with van der Waals surface area (Å²) >= 11 is 1.70. The largest absolute Gasteiger partial charge is 0.368 e. The molecule has 1 aliphatic rings. The Hall–Kier alpha value is -0.290. The first kappa shape index (κ1) is 9.80.